The van der Waals surface area contributed by atoms with Gasteiger partial charge in [0.15, 0.2) is 0 Å². The highest BCUT2D eigenvalue weighted by molar-refractivity contribution is 5.22. The lowest BCUT2D eigenvalue weighted by Crippen LogP contribution is -1.96. The molecule has 0 N–H and O–H groups in total. The van der Waals surface area contributed by atoms with Gasteiger partial charge in [0.05, 0.1) is 0 Å². The van der Waals surface area contributed by atoms with Crippen molar-refractivity contribution in [1.82, 2.24) is 0 Å². The molecular formula is C16H26. The van der Waals surface area contributed by atoms with Crippen LogP contribution in [0.25, 0.3) is 0 Å². The molecule has 0 heterocycles. The standard InChI is InChI=1S/C16H26/c1-5-13(2)7-6-8-15(4)16-11-9-14(3)10-12-16/h7,9H,5-6,8,10-12H2,1-4H3. The van der Waals surface area contributed by atoms with Crippen LogP contribution in [0.1, 0.15) is 66.2 Å². The van der Waals surface area contributed by atoms with Gasteiger partial charge < -0.3 is 0 Å². The summed E-state index contributed by atoms with van der Waals surface area (Å²) < 4.78 is 0. The van der Waals surface area contributed by atoms with Crippen molar-refractivity contribution in [3.05, 3.63) is 34.4 Å². The Morgan fingerprint density at radius 2 is 2.06 bits per heavy atom. The highest BCUT2D eigenvalue weighted by atomic mass is 14.1. The van der Waals surface area contributed by atoms with Crippen molar-refractivity contribution in [3.63, 3.8) is 0 Å². The van der Waals surface area contributed by atoms with Crippen molar-refractivity contribution in [1.29, 1.82) is 0 Å². The van der Waals surface area contributed by atoms with Crippen LogP contribution in [0.5, 0.6) is 0 Å². The Bertz CT molecular complexity index is 313. The first-order chi connectivity index (χ1) is 7.63. The SMILES string of the molecule is CCC(C)=CCCC(C)=C1CC=C(C)CC1. The van der Waals surface area contributed by atoms with Gasteiger partial charge in [-0.2, -0.15) is 0 Å². The predicted octanol–water partition coefficient (Wildman–Crippen LogP) is 5.57. The van der Waals surface area contributed by atoms with Crippen LogP contribution in [-0.4, -0.2) is 0 Å². The zero-order chi connectivity index (χ0) is 12.0. The fraction of sp³-hybridized carbons (Fsp3) is 0.625. The monoisotopic (exact) mass is 218 g/mol. The average molecular weight is 218 g/mol. The molecule has 0 aromatic rings. The van der Waals surface area contributed by atoms with Gasteiger partial charge in [-0.15, -0.1) is 0 Å². The Hall–Kier alpha value is -0.780. The van der Waals surface area contributed by atoms with Crippen LogP contribution in [0.4, 0.5) is 0 Å². The largest absolute Gasteiger partial charge is 0.0853 e. The van der Waals surface area contributed by atoms with Gasteiger partial charge in [-0.25, -0.2) is 0 Å². The van der Waals surface area contributed by atoms with Crippen LogP contribution in [-0.2, 0) is 0 Å². The van der Waals surface area contributed by atoms with Crippen LogP contribution >= 0.6 is 0 Å². The fourth-order valence-corrected chi connectivity index (χ4v) is 2.09. The normalized spacial score (nSPS) is 20.8. The molecule has 0 aliphatic heterocycles. The number of rotatable bonds is 4. The Morgan fingerprint density at radius 1 is 1.31 bits per heavy atom. The molecule has 0 fully saturated rings. The molecule has 0 radical (unpaired) electrons. The summed E-state index contributed by atoms with van der Waals surface area (Å²) in [5.41, 5.74) is 6.41. The highest BCUT2D eigenvalue weighted by Gasteiger charge is 2.07. The Balaban J connectivity index is 2.45. The minimum absolute atomic E-state index is 1.19. The molecule has 0 heteroatoms. The van der Waals surface area contributed by atoms with Gasteiger partial charge in [0.25, 0.3) is 0 Å². The fourth-order valence-electron chi connectivity index (χ4n) is 2.09. The minimum atomic E-state index is 1.19. The second-order valence-electron chi connectivity index (χ2n) is 5.08. The van der Waals surface area contributed by atoms with Gasteiger partial charge in [-0.1, -0.05) is 41.4 Å². The molecule has 0 bridgehead atoms. The summed E-state index contributed by atoms with van der Waals surface area (Å²) >= 11 is 0. The van der Waals surface area contributed by atoms with Crippen molar-refractivity contribution in [3.8, 4) is 0 Å². The van der Waals surface area contributed by atoms with Gasteiger partial charge in [-0.3, -0.25) is 0 Å². The first kappa shape index (κ1) is 13.3. The molecule has 0 unspecified atom stereocenters. The zero-order valence-corrected chi connectivity index (χ0v) is 11.4. The van der Waals surface area contributed by atoms with E-state index >= 15 is 0 Å². The van der Waals surface area contributed by atoms with E-state index in [1.807, 2.05) is 0 Å². The summed E-state index contributed by atoms with van der Waals surface area (Å²) in [6.07, 6.45) is 12.2. The second-order valence-corrected chi connectivity index (χ2v) is 5.08. The van der Waals surface area contributed by atoms with E-state index < -0.39 is 0 Å². The first-order valence-electron chi connectivity index (χ1n) is 6.62. The minimum Gasteiger partial charge on any atom is -0.0853 e. The van der Waals surface area contributed by atoms with E-state index in [2.05, 4.69) is 39.8 Å². The van der Waals surface area contributed by atoms with E-state index in [-0.39, 0.29) is 0 Å². The average Bonchev–Trinajstić information content (AvgIpc) is 2.29. The van der Waals surface area contributed by atoms with E-state index in [4.69, 9.17) is 0 Å². The van der Waals surface area contributed by atoms with Crippen LogP contribution in [0.2, 0.25) is 0 Å². The lowest BCUT2D eigenvalue weighted by atomic mass is 9.91. The van der Waals surface area contributed by atoms with Crippen molar-refractivity contribution in [2.75, 3.05) is 0 Å². The molecule has 0 aromatic carbocycles. The molecule has 0 amide bonds. The van der Waals surface area contributed by atoms with Crippen molar-refractivity contribution in [2.24, 2.45) is 0 Å². The number of allylic oxidation sites excluding steroid dienone is 6. The molecule has 90 valence electrons. The third kappa shape index (κ3) is 4.38. The maximum atomic E-state index is 2.40. The summed E-state index contributed by atoms with van der Waals surface area (Å²) in [5.74, 6) is 0. The molecule has 0 saturated carbocycles. The van der Waals surface area contributed by atoms with E-state index in [1.165, 1.54) is 44.1 Å². The van der Waals surface area contributed by atoms with Crippen molar-refractivity contribution >= 4 is 0 Å². The molecule has 0 atom stereocenters. The maximum Gasteiger partial charge on any atom is -0.0134 e. The van der Waals surface area contributed by atoms with E-state index in [0.717, 1.165) is 0 Å². The van der Waals surface area contributed by atoms with Crippen molar-refractivity contribution in [2.45, 2.75) is 66.2 Å². The number of hydrogen-bond acceptors (Lipinski definition) is 0. The summed E-state index contributed by atoms with van der Waals surface area (Å²) in [5, 5.41) is 0. The summed E-state index contributed by atoms with van der Waals surface area (Å²) in [4.78, 5) is 0. The molecular weight excluding hydrogens is 192 g/mol. The van der Waals surface area contributed by atoms with Crippen LogP contribution in [0.3, 0.4) is 0 Å². The molecule has 1 rings (SSSR count). The quantitative estimate of drug-likeness (QED) is 0.541. The molecule has 16 heavy (non-hydrogen) atoms. The van der Waals surface area contributed by atoms with Gasteiger partial charge in [-0.05, 0) is 59.3 Å². The Morgan fingerprint density at radius 3 is 2.62 bits per heavy atom. The van der Waals surface area contributed by atoms with E-state index in [1.54, 1.807) is 16.7 Å². The first-order valence-corrected chi connectivity index (χ1v) is 6.62. The smallest absolute Gasteiger partial charge is 0.0134 e. The molecule has 0 nitrogen and oxygen atoms in total. The van der Waals surface area contributed by atoms with Gasteiger partial charge in [0.2, 0.25) is 0 Å². The van der Waals surface area contributed by atoms with E-state index in [0.29, 0.717) is 0 Å². The summed E-state index contributed by atoms with van der Waals surface area (Å²) in [7, 11) is 0. The molecule has 1 aliphatic carbocycles. The Kier molecular flexibility index (Phi) is 5.59. The lowest BCUT2D eigenvalue weighted by Gasteiger charge is -2.16. The lowest BCUT2D eigenvalue weighted by molar-refractivity contribution is 0.809. The topological polar surface area (TPSA) is 0 Å². The van der Waals surface area contributed by atoms with Gasteiger partial charge >= 0.3 is 0 Å². The van der Waals surface area contributed by atoms with Gasteiger partial charge in [0, 0.05) is 0 Å². The third-order valence-electron chi connectivity index (χ3n) is 3.69. The molecule has 0 aromatic heterocycles. The summed E-state index contributed by atoms with van der Waals surface area (Å²) in [6, 6.07) is 0. The highest BCUT2D eigenvalue weighted by Crippen LogP contribution is 2.26. The van der Waals surface area contributed by atoms with Crippen LogP contribution in [0, 0.1) is 0 Å². The molecule has 0 saturated heterocycles. The molecule has 0 spiro atoms. The summed E-state index contributed by atoms with van der Waals surface area (Å²) in [6.45, 7) is 9.03. The van der Waals surface area contributed by atoms with Crippen LogP contribution in [0.15, 0.2) is 34.4 Å². The predicted molar refractivity (Wildman–Crippen MR) is 73.6 cm³/mol. The molecule has 1 aliphatic rings. The number of hydrogen-bond donors (Lipinski definition) is 0. The second kappa shape index (κ2) is 6.73. The van der Waals surface area contributed by atoms with Gasteiger partial charge in [0.1, 0.15) is 0 Å². The zero-order valence-electron chi connectivity index (χ0n) is 11.4. The Labute approximate surface area is 101 Å². The maximum absolute atomic E-state index is 2.40. The van der Waals surface area contributed by atoms with Crippen LogP contribution < -0.4 is 0 Å². The third-order valence-corrected chi connectivity index (χ3v) is 3.69. The van der Waals surface area contributed by atoms with Crippen molar-refractivity contribution < 1.29 is 0 Å². The van der Waals surface area contributed by atoms with E-state index in [9.17, 15) is 0 Å².